The third-order valence-corrected chi connectivity index (χ3v) is 5.49. The fourth-order valence-electron chi connectivity index (χ4n) is 3.64. The summed E-state index contributed by atoms with van der Waals surface area (Å²) in [5.41, 5.74) is 2.29. The standard InChI is InChI=1S/C23H38N4O3.HI/c1-4-24-23(25-10-11-27(12-14-28-3)20-7-8-20)26-16-19-6-5-18(2)15-22(19)30-21-9-13-29-17-21;/h5-6,15,20-21H,4,7-14,16-17H2,1-3H3,(H2,24,25,26);1H. The highest BCUT2D eigenvalue weighted by Gasteiger charge is 2.28. The first-order chi connectivity index (χ1) is 14.7. The summed E-state index contributed by atoms with van der Waals surface area (Å²) in [4.78, 5) is 7.32. The van der Waals surface area contributed by atoms with Crippen molar-refractivity contribution in [1.29, 1.82) is 0 Å². The van der Waals surface area contributed by atoms with Crippen LogP contribution in [0.5, 0.6) is 5.75 Å². The molecule has 1 saturated carbocycles. The van der Waals surface area contributed by atoms with Crippen LogP contribution >= 0.6 is 24.0 Å². The molecular formula is C23H39IN4O3. The molecule has 0 bridgehead atoms. The summed E-state index contributed by atoms with van der Waals surface area (Å²) in [5, 5.41) is 6.83. The topological polar surface area (TPSA) is 67.4 Å². The Bertz CT molecular complexity index is 679. The van der Waals surface area contributed by atoms with Crippen molar-refractivity contribution < 1.29 is 14.2 Å². The summed E-state index contributed by atoms with van der Waals surface area (Å²) < 4.78 is 16.9. The lowest BCUT2D eigenvalue weighted by Gasteiger charge is -2.22. The van der Waals surface area contributed by atoms with Gasteiger partial charge in [0.05, 0.1) is 26.4 Å². The van der Waals surface area contributed by atoms with Gasteiger partial charge in [-0.25, -0.2) is 4.99 Å². The Morgan fingerprint density at radius 1 is 1.23 bits per heavy atom. The van der Waals surface area contributed by atoms with Crippen molar-refractivity contribution in [3.8, 4) is 5.75 Å². The largest absolute Gasteiger partial charge is 0.488 e. The van der Waals surface area contributed by atoms with E-state index in [0.717, 1.165) is 69.1 Å². The molecule has 1 saturated heterocycles. The van der Waals surface area contributed by atoms with Gasteiger partial charge in [-0.05, 0) is 38.3 Å². The van der Waals surface area contributed by atoms with E-state index in [2.05, 4.69) is 47.6 Å². The van der Waals surface area contributed by atoms with Crippen molar-refractivity contribution in [2.45, 2.75) is 51.8 Å². The number of guanidine groups is 1. The monoisotopic (exact) mass is 546 g/mol. The minimum absolute atomic E-state index is 0. The summed E-state index contributed by atoms with van der Waals surface area (Å²) in [6, 6.07) is 7.07. The molecule has 0 spiro atoms. The number of nitrogens with one attached hydrogen (secondary N) is 2. The Labute approximate surface area is 204 Å². The van der Waals surface area contributed by atoms with E-state index in [1.54, 1.807) is 7.11 Å². The second kappa shape index (κ2) is 14.1. The first kappa shape index (κ1) is 26.2. The number of hydrogen-bond donors (Lipinski definition) is 2. The molecule has 1 unspecified atom stereocenters. The van der Waals surface area contributed by atoms with E-state index in [9.17, 15) is 0 Å². The summed E-state index contributed by atoms with van der Waals surface area (Å²) in [6.45, 7) is 10.7. The summed E-state index contributed by atoms with van der Waals surface area (Å²) in [5.74, 6) is 1.76. The summed E-state index contributed by atoms with van der Waals surface area (Å²) in [6.07, 6.45) is 3.70. The van der Waals surface area contributed by atoms with Gasteiger partial charge in [-0.15, -0.1) is 24.0 Å². The third kappa shape index (κ3) is 9.11. The Balaban J connectivity index is 0.00000341. The number of nitrogens with zero attached hydrogens (tertiary/aromatic N) is 2. The van der Waals surface area contributed by atoms with Gasteiger partial charge in [0.25, 0.3) is 0 Å². The molecule has 1 heterocycles. The lowest BCUT2D eigenvalue weighted by atomic mass is 10.1. The number of benzene rings is 1. The van der Waals surface area contributed by atoms with Crippen molar-refractivity contribution in [1.82, 2.24) is 15.5 Å². The van der Waals surface area contributed by atoms with Gasteiger partial charge in [0, 0.05) is 51.3 Å². The van der Waals surface area contributed by atoms with Gasteiger partial charge in [0.2, 0.25) is 0 Å². The third-order valence-electron chi connectivity index (χ3n) is 5.49. The first-order valence-electron chi connectivity index (χ1n) is 11.3. The molecule has 1 aliphatic carbocycles. The molecular weight excluding hydrogens is 507 g/mol. The number of aliphatic imine (C=N–C) groups is 1. The Morgan fingerprint density at radius 3 is 2.74 bits per heavy atom. The maximum Gasteiger partial charge on any atom is 0.191 e. The molecule has 1 aliphatic heterocycles. The molecule has 0 radical (unpaired) electrons. The van der Waals surface area contributed by atoms with Crippen molar-refractivity contribution >= 4 is 29.9 Å². The van der Waals surface area contributed by atoms with E-state index in [4.69, 9.17) is 19.2 Å². The first-order valence-corrected chi connectivity index (χ1v) is 11.3. The quantitative estimate of drug-likeness (QED) is 0.239. The molecule has 1 aromatic rings. The molecule has 31 heavy (non-hydrogen) atoms. The highest BCUT2D eigenvalue weighted by atomic mass is 127. The molecule has 7 nitrogen and oxygen atoms in total. The maximum atomic E-state index is 6.21. The number of halogens is 1. The van der Waals surface area contributed by atoms with E-state index in [1.807, 2.05) is 0 Å². The van der Waals surface area contributed by atoms with Crippen LogP contribution in [0.4, 0.5) is 0 Å². The average molecular weight is 546 g/mol. The normalized spacial score (nSPS) is 18.7. The lowest BCUT2D eigenvalue weighted by molar-refractivity contribution is 0.140. The van der Waals surface area contributed by atoms with E-state index in [0.29, 0.717) is 13.2 Å². The molecule has 2 N–H and O–H groups in total. The minimum atomic E-state index is 0. The van der Waals surface area contributed by atoms with Crippen LogP contribution in [0.2, 0.25) is 0 Å². The van der Waals surface area contributed by atoms with Crippen LogP contribution in [0.25, 0.3) is 0 Å². The number of ether oxygens (including phenoxy) is 3. The van der Waals surface area contributed by atoms with Gasteiger partial charge in [0.15, 0.2) is 5.96 Å². The van der Waals surface area contributed by atoms with Crippen LogP contribution in [-0.2, 0) is 16.0 Å². The molecule has 176 valence electrons. The van der Waals surface area contributed by atoms with Gasteiger partial charge >= 0.3 is 0 Å². The Morgan fingerprint density at radius 2 is 2.06 bits per heavy atom. The molecule has 1 atom stereocenters. The zero-order valence-electron chi connectivity index (χ0n) is 19.2. The molecule has 0 amide bonds. The fourth-order valence-corrected chi connectivity index (χ4v) is 3.64. The zero-order chi connectivity index (χ0) is 21.2. The SMILES string of the molecule is CCNC(=NCc1ccc(C)cc1OC1CCOC1)NCCN(CCOC)C1CC1.I. The average Bonchev–Trinajstić information content (AvgIpc) is 3.46. The molecule has 2 fully saturated rings. The van der Waals surface area contributed by atoms with Crippen LogP contribution in [0.1, 0.15) is 37.3 Å². The van der Waals surface area contributed by atoms with E-state index < -0.39 is 0 Å². The summed E-state index contributed by atoms with van der Waals surface area (Å²) in [7, 11) is 1.77. The molecule has 1 aromatic carbocycles. The van der Waals surface area contributed by atoms with Crippen LogP contribution in [0, 0.1) is 6.92 Å². The second-order valence-electron chi connectivity index (χ2n) is 8.10. The maximum absolute atomic E-state index is 6.21. The van der Waals surface area contributed by atoms with Gasteiger partial charge in [-0.3, -0.25) is 4.90 Å². The smallest absolute Gasteiger partial charge is 0.191 e. The number of rotatable bonds is 12. The zero-order valence-corrected chi connectivity index (χ0v) is 21.5. The minimum Gasteiger partial charge on any atom is -0.488 e. The molecule has 3 rings (SSSR count). The van der Waals surface area contributed by atoms with Gasteiger partial charge < -0.3 is 24.8 Å². The summed E-state index contributed by atoms with van der Waals surface area (Å²) >= 11 is 0. The van der Waals surface area contributed by atoms with Crippen LogP contribution in [-0.4, -0.2) is 76.1 Å². The van der Waals surface area contributed by atoms with Gasteiger partial charge in [-0.1, -0.05) is 12.1 Å². The Hall–Kier alpha value is -1.10. The van der Waals surface area contributed by atoms with Crippen molar-refractivity contribution in [3.05, 3.63) is 29.3 Å². The van der Waals surface area contributed by atoms with E-state index in [1.165, 1.54) is 18.4 Å². The van der Waals surface area contributed by atoms with Crippen molar-refractivity contribution in [2.24, 2.45) is 4.99 Å². The number of methoxy groups -OCH3 is 1. The molecule has 8 heteroatoms. The van der Waals surface area contributed by atoms with Crippen LogP contribution in [0.15, 0.2) is 23.2 Å². The molecule has 2 aliphatic rings. The fraction of sp³-hybridized carbons (Fsp3) is 0.696. The van der Waals surface area contributed by atoms with Crippen molar-refractivity contribution in [3.63, 3.8) is 0 Å². The number of hydrogen-bond acceptors (Lipinski definition) is 5. The lowest BCUT2D eigenvalue weighted by Crippen LogP contribution is -2.42. The predicted octanol–water partition coefficient (Wildman–Crippen LogP) is 2.95. The number of aryl methyl sites for hydroxylation is 1. The highest BCUT2D eigenvalue weighted by Crippen LogP contribution is 2.26. The van der Waals surface area contributed by atoms with Gasteiger partial charge in [-0.2, -0.15) is 0 Å². The predicted molar refractivity (Wildman–Crippen MR) is 136 cm³/mol. The van der Waals surface area contributed by atoms with E-state index in [-0.39, 0.29) is 30.1 Å². The van der Waals surface area contributed by atoms with Crippen LogP contribution < -0.4 is 15.4 Å². The van der Waals surface area contributed by atoms with Gasteiger partial charge in [0.1, 0.15) is 11.9 Å². The van der Waals surface area contributed by atoms with E-state index >= 15 is 0 Å². The highest BCUT2D eigenvalue weighted by molar-refractivity contribution is 14.0. The Kier molecular flexibility index (Phi) is 11.9. The molecule has 0 aromatic heterocycles. The second-order valence-corrected chi connectivity index (χ2v) is 8.10. The van der Waals surface area contributed by atoms with Crippen molar-refractivity contribution in [2.75, 3.05) is 53.1 Å². The van der Waals surface area contributed by atoms with Crippen LogP contribution in [0.3, 0.4) is 0 Å².